The second-order valence-corrected chi connectivity index (χ2v) is 9.50. The normalized spacial score (nSPS) is 15.0. The van der Waals surface area contributed by atoms with E-state index in [1.807, 2.05) is 19.9 Å². The molecule has 4 rings (SSSR count). The molecule has 5 N–H and O–H groups in total. The van der Waals surface area contributed by atoms with Crippen LogP contribution in [0.1, 0.15) is 32.3 Å². The van der Waals surface area contributed by atoms with Crippen molar-refractivity contribution in [2.24, 2.45) is 10.7 Å². The highest BCUT2D eigenvalue weighted by molar-refractivity contribution is 7.84. The van der Waals surface area contributed by atoms with Gasteiger partial charge in [-0.1, -0.05) is 0 Å². The first-order valence-corrected chi connectivity index (χ1v) is 11.9. The molecule has 0 saturated heterocycles. The molecule has 12 heteroatoms. The summed E-state index contributed by atoms with van der Waals surface area (Å²) in [7, 11) is -1.15. The van der Waals surface area contributed by atoms with Crippen LogP contribution in [-0.4, -0.2) is 63.7 Å². The maximum Gasteiger partial charge on any atom is 0.164 e. The van der Waals surface area contributed by atoms with Gasteiger partial charge in [0.25, 0.3) is 0 Å². The van der Waals surface area contributed by atoms with Crippen molar-refractivity contribution in [1.82, 2.24) is 24.1 Å². The Balaban J connectivity index is 1.55. The monoisotopic (exact) mass is 469 g/mol. The lowest BCUT2D eigenvalue weighted by atomic mass is 10.2. The molecule has 1 saturated carbocycles. The van der Waals surface area contributed by atoms with Crippen molar-refractivity contribution in [3.05, 3.63) is 42.5 Å². The third kappa shape index (κ3) is 5.71. The predicted molar refractivity (Wildman–Crippen MR) is 129 cm³/mol. The molecule has 0 spiro atoms. The number of hydrogen-bond donors (Lipinski definition) is 4. The Morgan fingerprint density at radius 1 is 1.33 bits per heavy atom. The fraction of sp³-hybridized carbons (Fsp3) is 0.381. The van der Waals surface area contributed by atoms with Crippen LogP contribution in [-0.2, 0) is 11.0 Å². The van der Waals surface area contributed by atoms with Crippen LogP contribution in [0.15, 0.2) is 41.9 Å². The van der Waals surface area contributed by atoms with Crippen molar-refractivity contribution < 1.29 is 9.32 Å². The summed E-state index contributed by atoms with van der Waals surface area (Å²) in [6.45, 7) is 4.19. The van der Waals surface area contributed by atoms with Crippen molar-refractivity contribution >= 4 is 34.1 Å². The molecule has 1 unspecified atom stereocenters. The maximum absolute atomic E-state index is 12.3. The van der Waals surface area contributed by atoms with Crippen LogP contribution in [0.5, 0.6) is 0 Å². The lowest BCUT2D eigenvalue weighted by Gasteiger charge is -2.16. The summed E-state index contributed by atoms with van der Waals surface area (Å²) in [6.07, 6.45) is 8.53. The van der Waals surface area contributed by atoms with Crippen molar-refractivity contribution in [2.45, 2.75) is 38.0 Å². The lowest BCUT2D eigenvalue weighted by molar-refractivity contribution is 0.307. The molecule has 0 bridgehead atoms. The van der Waals surface area contributed by atoms with Crippen molar-refractivity contribution in [3.8, 4) is 11.4 Å². The molecular weight excluding hydrogens is 442 g/mol. The minimum Gasteiger partial charge on any atom is -0.394 e. The van der Waals surface area contributed by atoms with Gasteiger partial charge in [0.2, 0.25) is 0 Å². The number of anilines is 3. The van der Waals surface area contributed by atoms with Crippen molar-refractivity contribution in [1.29, 1.82) is 0 Å². The molecule has 0 aliphatic heterocycles. The van der Waals surface area contributed by atoms with Gasteiger partial charge in [0, 0.05) is 24.5 Å². The van der Waals surface area contributed by atoms with Gasteiger partial charge >= 0.3 is 0 Å². The van der Waals surface area contributed by atoms with E-state index >= 15 is 0 Å². The number of pyridine rings is 1. The first-order valence-electron chi connectivity index (χ1n) is 10.7. The third-order valence-electron chi connectivity index (χ3n) is 4.73. The molecule has 3 aromatic rings. The van der Waals surface area contributed by atoms with Crippen LogP contribution < -0.4 is 16.4 Å². The number of nitrogens with one attached hydrogen (secondary N) is 2. The number of rotatable bonds is 10. The molecular formula is C21H27N9O2S. The van der Waals surface area contributed by atoms with Crippen LogP contribution in [0.4, 0.5) is 17.3 Å². The zero-order valence-corrected chi connectivity index (χ0v) is 19.3. The highest BCUT2D eigenvalue weighted by Crippen LogP contribution is 2.28. The maximum atomic E-state index is 12.3. The topological polar surface area (TPSA) is 156 Å². The van der Waals surface area contributed by atoms with E-state index in [0.717, 1.165) is 18.5 Å². The molecule has 0 amide bonds. The first-order chi connectivity index (χ1) is 15.9. The number of nitrogens with zero attached hydrogens (tertiary/aromatic N) is 6. The number of hydrogen-bond acceptors (Lipinski definition) is 9. The van der Waals surface area contributed by atoms with E-state index in [0.29, 0.717) is 34.4 Å². The van der Waals surface area contributed by atoms with Crippen LogP contribution in [0, 0.1) is 0 Å². The summed E-state index contributed by atoms with van der Waals surface area (Å²) >= 11 is 0. The highest BCUT2D eigenvalue weighted by Gasteiger charge is 2.30. The molecule has 1 fully saturated rings. The molecule has 0 aromatic carbocycles. The smallest absolute Gasteiger partial charge is 0.164 e. The summed E-state index contributed by atoms with van der Waals surface area (Å²) < 4.78 is 13.8. The van der Waals surface area contributed by atoms with Crippen LogP contribution in [0.25, 0.3) is 11.4 Å². The van der Waals surface area contributed by atoms with E-state index in [2.05, 4.69) is 35.7 Å². The second-order valence-electron chi connectivity index (χ2n) is 7.90. The van der Waals surface area contributed by atoms with Gasteiger partial charge in [0.1, 0.15) is 28.5 Å². The Labute approximate surface area is 194 Å². The number of nitrogens with two attached hydrogens (primary N) is 1. The van der Waals surface area contributed by atoms with Gasteiger partial charge in [-0.05, 0) is 32.8 Å². The van der Waals surface area contributed by atoms with Crippen LogP contribution in [0.3, 0.4) is 0 Å². The van der Waals surface area contributed by atoms with E-state index in [1.165, 1.54) is 4.09 Å². The van der Waals surface area contributed by atoms with E-state index in [4.69, 9.17) is 10.8 Å². The fourth-order valence-electron chi connectivity index (χ4n) is 3.05. The largest absolute Gasteiger partial charge is 0.394 e. The minimum absolute atomic E-state index is 0.0772. The van der Waals surface area contributed by atoms with Gasteiger partial charge in [-0.2, -0.15) is 9.19 Å². The molecule has 0 radical (unpaired) electrons. The molecule has 33 heavy (non-hydrogen) atoms. The van der Waals surface area contributed by atoms with Crippen LogP contribution in [0.2, 0.25) is 0 Å². The average molecular weight is 470 g/mol. The molecule has 11 nitrogen and oxygen atoms in total. The van der Waals surface area contributed by atoms with Gasteiger partial charge in [0.05, 0.1) is 47.6 Å². The van der Waals surface area contributed by atoms with Gasteiger partial charge in [-0.3, -0.25) is 4.99 Å². The van der Waals surface area contributed by atoms with E-state index in [9.17, 15) is 4.21 Å². The Kier molecular flexibility index (Phi) is 6.94. The average Bonchev–Trinajstić information content (AvgIpc) is 3.53. The molecule has 3 aromatic heterocycles. The second kappa shape index (κ2) is 10.0. The Hall–Kier alpha value is -3.38. The molecule has 1 aliphatic rings. The quantitative estimate of drug-likeness (QED) is 0.256. The zero-order chi connectivity index (χ0) is 23.4. The standard InChI is InChI=1S/C21H27N9O2S/c1-13(2)27-17-9-19(25-11-16(17)20(22)23-7-8-31)28-18-5-6-24-21(29-18)14-10-26-30(12-14)33(32)15-3-4-15/h5-6,9-13,15,31H,3-4,7-8H2,1-2H3,(H2,22,23)(H2,24,25,27,28,29). The van der Waals surface area contributed by atoms with Gasteiger partial charge < -0.3 is 21.5 Å². The van der Waals surface area contributed by atoms with Crippen molar-refractivity contribution in [2.75, 3.05) is 23.8 Å². The Morgan fingerprint density at radius 2 is 2.15 bits per heavy atom. The SMILES string of the molecule is CC(C)Nc1cc(Nc2ccnc(-c3cnn(S(=O)C4CC4)c3)n2)ncc1C(N)=NCCO. The highest BCUT2D eigenvalue weighted by atomic mass is 32.2. The number of aliphatic hydroxyl groups excluding tert-OH is 1. The van der Waals surface area contributed by atoms with E-state index < -0.39 is 11.0 Å². The predicted octanol–water partition coefficient (Wildman–Crippen LogP) is 1.67. The zero-order valence-electron chi connectivity index (χ0n) is 18.5. The fourth-order valence-corrected chi connectivity index (χ4v) is 4.26. The van der Waals surface area contributed by atoms with Crippen molar-refractivity contribution in [3.63, 3.8) is 0 Å². The Morgan fingerprint density at radius 3 is 2.88 bits per heavy atom. The van der Waals surface area contributed by atoms with E-state index in [-0.39, 0.29) is 24.4 Å². The van der Waals surface area contributed by atoms with E-state index in [1.54, 1.807) is 30.9 Å². The van der Waals surface area contributed by atoms with Gasteiger partial charge in [0.15, 0.2) is 5.82 Å². The number of amidine groups is 1. The van der Waals surface area contributed by atoms with Crippen LogP contribution >= 0.6 is 0 Å². The molecule has 174 valence electrons. The molecule has 3 heterocycles. The number of aliphatic imine (C=N–C) groups is 1. The molecule has 1 atom stereocenters. The van der Waals surface area contributed by atoms with Gasteiger partial charge in [-0.25, -0.2) is 19.2 Å². The van der Waals surface area contributed by atoms with Gasteiger partial charge in [-0.15, -0.1) is 0 Å². The number of aliphatic hydroxyl groups is 1. The molecule has 1 aliphatic carbocycles. The number of aromatic nitrogens is 5. The summed E-state index contributed by atoms with van der Waals surface area (Å²) in [5.74, 6) is 1.88. The summed E-state index contributed by atoms with van der Waals surface area (Å²) in [5.41, 5.74) is 8.18. The first kappa shape index (κ1) is 22.8. The lowest BCUT2D eigenvalue weighted by Crippen LogP contribution is -2.20. The Bertz CT molecular complexity index is 1170. The minimum atomic E-state index is -1.15. The summed E-state index contributed by atoms with van der Waals surface area (Å²) in [5, 5.41) is 19.9. The summed E-state index contributed by atoms with van der Waals surface area (Å²) in [6, 6.07) is 3.72. The third-order valence-corrected chi connectivity index (χ3v) is 6.34. The summed E-state index contributed by atoms with van der Waals surface area (Å²) in [4.78, 5) is 17.5.